The molecule has 0 saturated heterocycles. The average molecular weight is 243 g/mol. The van der Waals surface area contributed by atoms with Crippen LogP contribution in [-0.2, 0) is 6.42 Å². The van der Waals surface area contributed by atoms with Crippen LogP contribution in [0.15, 0.2) is 18.2 Å². The molecule has 1 heterocycles. The van der Waals surface area contributed by atoms with Gasteiger partial charge in [0.15, 0.2) is 0 Å². The highest BCUT2D eigenvalue weighted by Crippen LogP contribution is 2.21. The summed E-state index contributed by atoms with van der Waals surface area (Å²) in [5.41, 5.74) is 3.69. The minimum Gasteiger partial charge on any atom is -0.235 e. The van der Waals surface area contributed by atoms with Gasteiger partial charge in [0.1, 0.15) is 11.5 Å². The summed E-state index contributed by atoms with van der Waals surface area (Å²) >= 11 is 0. The summed E-state index contributed by atoms with van der Waals surface area (Å²) in [6.07, 6.45) is 0.871. The zero-order valence-corrected chi connectivity index (χ0v) is 10.7. The number of rotatable bonds is 2. The van der Waals surface area contributed by atoms with E-state index in [1.807, 2.05) is 19.9 Å². The van der Waals surface area contributed by atoms with Crippen LogP contribution in [0.5, 0.6) is 0 Å². The molecule has 0 bridgehead atoms. The first-order chi connectivity index (χ1) is 8.58. The summed E-state index contributed by atoms with van der Waals surface area (Å²) < 4.78 is 15.5. The third-order valence-electron chi connectivity index (χ3n) is 3.10. The number of benzene rings is 1. The van der Waals surface area contributed by atoms with Gasteiger partial charge in [0.05, 0.1) is 17.3 Å². The number of aryl methyl sites for hydroxylation is 1. The molecule has 0 aliphatic carbocycles. The van der Waals surface area contributed by atoms with Gasteiger partial charge >= 0.3 is 0 Å². The Morgan fingerprint density at radius 3 is 2.61 bits per heavy atom. The Kier molecular flexibility index (Phi) is 3.15. The molecule has 0 N–H and O–H groups in total. The van der Waals surface area contributed by atoms with Crippen LogP contribution in [0.4, 0.5) is 4.39 Å². The van der Waals surface area contributed by atoms with Crippen molar-refractivity contribution >= 4 is 0 Å². The topological polar surface area (TPSA) is 41.6 Å². The Bertz CT molecular complexity index is 635. The zero-order chi connectivity index (χ0) is 13.3. The fourth-order valence-corrected chi connectivity index (χ4v) is 2.17. The van der Waals surface area contributed by atoms with E-state index in [9.17, 15) is 4.39 Å². The van der Waals surface area contributed by atoms with Crippen molar-refractivity contribution in [3.63, 3.8) is 0 Å². The Morgan fingerprint density at radius 2 is 2.11 bits per heavy atom. The molecule has 0 radical (unpaired) electrons. The molecule has 3 nitrogen and oxygen atoms in total. The molecule has 2 aromatic rings. The minimum absolute atomic E-state index is 0.313. The van der Waals surface area contributed by atoms with Gasteiger partial charge in [-0.05, 0) is 44.0 Å². The van der Waals surface area contributed by atoms with E-state index < -0.39 is 5.82 Å². The fourth-order valence-electron chi connectivity index (χ4n) is 2.17. The summed E-state index contributed by atoms with van der Waals surface area (Å²) in [4.78, 5) is 0. The van der Waals surface area contributed by atoms with Gasteiger partial charge < -0.3 is 0 Å². The Labute approximate surface area is 105 Å². The van der Waals surface area contributed by atoms with Crippen LogP contribution in [0.1, 0.15) is 29.4 Å². The molecule has 0 saturated carbocycles. The van der Waals surface area contributed by atoms with Gasteiger partial charge in [-0.25, -0.2) is 9.07 Å². The molecule has 0 aliphatic rings. The van der Waals surface area contributed by atoms with Gasteiger partial charge in [-0.1, -0.05) is 6.92 Å². The number of halogens is 1. The van der Waals surface area contributed by atoms with Crippen molar-refractivity contribution in [2.75, 3.05) is 0 Å². The quantitative estimate of drug-likeness (QED) is 0.813. The maximum absolute atomic E-state index is 13.9. The van der Waals surface area contributed by atoms with Crippen LogP contribution in [0.2, 0.25) is 0 Å². The van der Waals surface area contributed by atoms with Crippen molar-refractivity contribution in [1.82, 2.24) is 9.78 Å². The number of nitrogens with zero attached hydrogens (tertiary/aromatic N) is 3. The lowest BCUT2D eigenvalue weighted by atomic mass is 10.1. The van der Waals surface area contributed by atoms with E-state index in [4.69, 9.17) is 5.26 Å². The van der Waals surface area contributed by atoms with Crippen LogP contribution < -0.4 is 0 Å². The van der Waals surface area contributed by atoms with E-state index in [1.54, 1.807) is 16.8 Å². The molecule has 4 heteroatoms. The van der Waals surface area contributed by atoms with E-state index in [0.717, 1.165) is 23.4 Å². The predicted octanol–water partition coefficient (Wildman–Crippen LogP) is 3.06. The fraction of sp³-hybridized carbons (Fsp3) is 0.286. The minimum atomic E-state index is -0.428. The normalized spacial score (nSPS) is 10.4. The average Bonchev–Trinajstić information content (AvgIpc) is 2.64. The molecular formula is C14H14FN3. The third-order valence-corrected chi connectivity index (χ3v) is 3.10. The molecule has 0 unspecified atom stereocenters. The second-order valence-corrected chi connectivity index (χ2v) is 4.19. The number of hydrogen-bond donors (Lipinski definition) is 0. The molecular weight excluding hydrogens is 229 g/mol. The van der Waals surface area contributed by atoms with Crippen molar-refractivity contribution in [2.45, 2.75) is 27.2 Å². The van der Waals surface area contributed by atoms with Crippen molar-refractivity contribution in [2.24, 2.45) is 0 Å². The maximum Gasteiger partial charge on any atom is 0.150 e. The molecule has 0 amide bonds. The van der Waals surface area contributed by atoms with Crippen LogP contribution in [-0.4, -0.2) is 9.78 Å². The highest BCUT2D eigenvalue weighted by atomic mass is 19.1. The molecule has 0 atom stereocenters. The number of hydrogen-bond acceptors (Lipinski definition) is 2. The Morgan fingerprint density at radius 1 is 1.39 bits per heavy atom. The molecule has 0 aliphatic heterocycles. The van der Waals surface area contributed by atoms with Crippen molar-refractivity contribution in [1.29, 1.82) is 5.26 Å². The Balaban J connectivity index is 2.60. The monoisotopic (exact) mass is 243 g/mol. The smallest absolute Gasteiger partial charge is 0.150 e. The summed E-state index contributed by atoms with van der Waals surface area (Å²) in [5, 5.41) is 13.1. The molecule has 1 aromatic heterocycles. The molecule has 92 valence electrons. The highest BCUT2D eigenvalue weighted by molar-refractivity contribution is 5.43. The van der Waals surface area contributed by atoms with Gasteiger partial charge in [-0.3, -0.25) is 0 Å². The van der Waals surface area contributed by atoms with Gasteiger partial charge in [0, 0.05) is 5.69 Å². The summed E-state index contributed by atoms with van der Waals surface area (Å²) in [7, 11) is 0. The SMILES string of the molecule is CCc1c(C)nn(-c2ccc(C#N)cc2F)c1C. The molecule has 1 aromatic carbocycles. The largest absolute Gasteiger partial charge is 0.235 e. The number of aromatic nitrogens is 2. The third kappa shape index (κ3) is 1.88. The van der Waals surface area contributed by atoms with Gasteiger partial charge in [0.25, 0.3) is 0 Å². The summed E-state index contributed by atoms with van der Waals surface area (Å²) in [6, 6.07) is 6.34. The van der Waals surface area contributed by atoms with Gasteiger partial charge in [-0.15, -0.1) is 0 Å². The zero-order valence-electron chi connectivity index (χ0n) is 10.7. The van der Waals surface area contributed by atoms with E-state index in [2.05, 4.69) is 12.0 Å². The van der Waals surface area contributed by atoms with Crippen molar-refractivity contribution < 1.29 is 4.39 Å². The van der Waals surface area contributed by atoms with Gasteiger partial charge in [-0.2, -0.15) is 10.4 Å². The maximum atomic E-state index is 13.9. The van der Waals surface area contributed by atoms with E-state index in [-0.39, 0.29) is 0 Å². The van der Waals surface area contributed by atoms with E-state index in [0.29, 0.717) is 11.3 Å². The second kappa shape index (κ2) is 4.61. The van der Waals surface area contributed by atoms with Crippen LogP contribution >= 0.6 is 0 Å². The first-order valence-electron chi connectivity index (χ1n) is 5.83. The van der Waals surface area contributed by atoms with E-state index in [1.165, 1.54) is 6.07 Å². The van der Waals surface area contributed by atoms with Crippen molar-refractivity contribution in [3.8, 4) is 11.8 Å². The van der Waals surface area contributed by atoms with Crippen LogP contribution in [0.25, 0.3) is 5.69 Å². The molecule has 2 rings (SSSR count). The van der Waals surface area contributed by atoms with Crippen LogP contribution in [0.3, 0.4) is 0 Å². The highest BCUT2D eigenvalue weighted by Gasteiger charge is 2.14. The summed E-state index contributed by atoms with van der Waals surface area (Å²) in [5.74, 6) is -0.428. The lowest BCUT2D eigenvalue weighted by molar-refractivity contribution is 0.607. The van der Waals surface area contributed by atoms with Crippen LogP contribution in [0, 0.1) is 31.0 Å². The second-order valence-electron chi connectivity index (χ2n) is 4.19. The first kappa shape index (κ1) is 12.3. The standard InChI is InChI=1S/C14H14FN3/c1-4-12-9(2)17-18(10(12)3)14-6-5-11(8-16)7-13(14)15/h5-7H,4H2,1-3H3. The van der Waals surface area contributed by atoms with Gasteiger partial charge in [0.2, 0.25) is 0 Å². The summed E-state index contributed by atoms with van der Waals surface area (Å²) in [6.45, 7) is 5.90. The lowest BCUT2D eigenvalue weighted by Crippen LogP contribution is -2.02. The molecule has 18 heavy (non-hydrogen) atoms. The Hall–Kier alpha value is -2.15. The first-order valence-corrected chi connectivity index (χ1v) is 5.83. The number of nitriles is 1. The predicted molar refractivity (Wildman–Crippen MR) is 67.1 cm³/mol. The molecule has 0 fully saturated rings. The van der Waals surface area contributed by atoms with Crippen molar-refractivity contribution in [3.05, 3.63) is 46.5 Å². The lowest BCUT2D eigenvalue weighted by Gasteiger charge is -2.06. The van der Waals surface area contributed by atoms with E-state index >= 15 is 0 Å². The molecule has 0 spiro atoms.